The lowest BCUT2D eigenvalue weighted by atomic mass is 10.1. The molecule has 1 aromatic carbocycles. The predicted octanol–water partition coefficient (Wildman–Crippen LogP) is 0.959. The molecule has 1 aliphatic rings. The molecule has 1 fully saturated rings. The molecule has 0 saturated carbocycles. The van der Waals surface area contributed by atoms with Crippen LogP contribution in [0.2, 0.25) is 0 Å². The van der Waals surface area contributed by atoms with E-state index in [1.807, 2.05) is 0 Å². The van der Waals surface area contributed by atoms with Crippen molar-refractivity contribution in [2.75, 3.05) is 32.8 Å². The highest BCUT2D eigenvalue weighted by molar-refractivity contribution is 5.94. The molecular weight excluding hydrogens is 284 g/mol. The lowest BCUT2D eigenvalue weighted by molar-refractivity contribution is -0.139. The fourth-order valence-electron chi connectivity index (χ4n) is 2.31. The molecule has 1 saturated heterocycles. The highest BCUT2D eigenvalue weighted by atomic mass is 16.5. The number of Topliss-reactive ketones (excluding diaryl/α,β-unsaturated/α-hetero) is 1. The normalized spacial score (nSPS) is 14.6. The van der Waals surface area contributed by atoms with Gasteiger partial charge in [-0.3, -0.25) is 14.4 Å². The van der Waals surface area contributed by atoms with Crippen molar-refractivity contribution >= 4 is 17.6 Å². The minimum Gasteiger partial charge on any atom is -0.484 e. The van der Waals surface area contributed by atoms with Gasteiger partial charge in [0, 0.05) is 38.7 Å². The van der Waals surface area contributed by atoms with Crippen LogP contribution >= 0.6 is 0 Å². The fraction of sp³-hybridized carbons (Fsp3) is 0.438. The van der Waals surface area contributed by atoms with E-state index < -0.39 is 0 Å². The maximum absolute atomic E-state index is 12.1. The largest absolute Gasteiger partial charge is 0.484 e. The third-order valence-electron chi connectivity index (χ3n) is 3.68. The van der Waals surface area contributed by atoms with Crippen molar-refractivity contribution in [2.45, 2.75) is 13.8 Å². The Balaban J connectivity index is 1.84. The van der Waals surface area contributed by atoms with Crippen molar-refractivity contribution in [1.29, 1.82) is 0 Å². The molecule has 0 atom stereocenters. The Morgan fingerprint density at radius 2 is 1.68 bits per heavy atom. The lowest BCUT2D eigenvalue weighted by Crippen LogP contribution is -2.51. The van der Waals surface area contributed by atoms with Crippen LogP contribution in [0.3, 0.4) is 0 Å². The Morgan fingerprint density at radius 3 is 2.27 bits per heavy atom. The van der Waals surface area contributed by atoms with Crippen molar-refractivity contribution in [3.8, 4) is 5.75 Å². The third kappa shape index (κ3) is 4.07. The molecule has 0 spiro atoms. The molecular formula is C16H20N2O4. The van der Waals surface area contributed by atoms with Gasteiger partial charge in [0.15, 0.2) is 12.4 Å². The van der Waals surface area contributed by atoms with Gasteiger partial charge in [0.1, 0.15) is 5.75 Å². The molecule has 0 unspecified atom stereocenters. The Bertz CT molecular complexity index is 577. The van der Waals surface area contributed by atoms with Gasteiger partial charge >= 0.3 is 0 Å². The average Bonchev–Trinajstić information content (AvgIpc) is 2.53. The van der Waals surface area contributed by atoms with Gasteiger partial charge in [-0.25, -0.2) is 0 Å². The number of benzene rings is 1. The van der Waals surface area contributed by atoms with Gasteiger partial charge in [-0.05, 0) is 19.1 Å². The Hall–Kier alpha value is -2.37. The van der Waals surface area contributed by atoms with E-state index in [-0.39, 0.29) is 24.2 Å². The molecule has 0 N–H and O–H groups in total. The predicted molar refractivity (Wildman–Crippen MR) is 80.8 cm³/mol. The monoisotopic (exact) mass is 304 g/mol. The van der Waals surface area contributed by atoms with E-state index in [2.05, 4.69) is 0 Å². The van der Waals surface area contributed by atoms with Crippen LogP contribution in [0.15, 0.2) is 24.3 Å². The van der Waals surface area contributed by atoms with Gasteiger partial charge < -0.3 is 14.5 Å². The zero-order chi connectivity index (χ0) is 16.1. The summed E-state index contributed by atoms with van der Waals surface area (Å²) in [5, 5.41) is 0. The molecule has 2 rings (SSSR count). The highest BCUT2D eigenvalue weighted by Gasteiger charge is 2.22. The summed E-state index contributed by atoms with van der Waals surface area (Å²) in [6, 6.07) is 6.77. The van der Waals surface area contributed by atoms with Crippen molar-refractivity contribution in [2.24, 2.45) is 0 Å². The van der Waals surface area contributed by atoms with Gasteiger partial charge in [0.25, 0.3) is 5.91 Å². The molecule has 1 aromatic rings. The summed E-state index contributed by atoms with van der Waals surface area (Å²) in [4.78, 5) is 38.1. The summed E-state index contributed by atoms with van der Waals surface area (Å²) in [6.45, 7) is 5.11. The quantitative estimate of drug-likeness (QED) is 0.777. The van der Waals surface area contributed by atoms with E-state index in [0.29, 0.717) is 37.5 Å². The van der Waals surface area contributed by atoms with Crippen molar-refractivity contribution in [3.05, 3.63) is 29.8 Å². The molecule has 0 aromatic heterocycles. The highest BCUT2D eigenvalue weighted by Crippen LogP contribution is 2.14. The first kappa shape index (κ1) is 16.0. The maximum atomic E-state index is 12.1. The standard InChI is InChI=1S/C16H20N2O4/c1-12(19)14-4-3-5-15(10-14)22-11-16(21)18-8-6-17(7-9-18)13(2)20/h3-5,10H,6-9,11H2,1-2H3. The number of nitrogens with zero attached hydrogens (tertiary/aromatic N) is 2. The number of hydrogen-bond donors (Lipinski definition) is 0. The number of rotatable bonds is 4. The first-order chi connectivity index (χ1) is 10.5. The maximum Gasteiger partial charge on any atom is 0.260 e. The molecule has 6 heteroatoms. The number of ether oxygens (including phenoxy) is 1. The van der Waals surface area contributed by atoms with Crippen molar-refractivity contribution < 1.29 is 19.1 Å². The van der Waals surface area contributed by atoms with Crippen LogP contribution in [-0.2, 0) is 9.59 Å². The molecule has 22 heavy (non-hydrogen) atoms. The van der Waals surface area contributed by atoms with Crippen LogP contribution in [0.25, 0.3) is 0 Å². The molecule has 1 heterocycles. The number of amides is 2. The average molecular weight is 304 g/mol. The minimum atomic E-state index is -0.114. The zero-order valence-corrected chi connectivity index (χ0v) is 12.9. The zero-order valence-electron chi connectivity index (χ0n) is 12.9. The third-order valence-corrected chi connectivity index (χ3v) is 3.68. The van der Waals surface area contributed by atoms with Gasteiger partial charge in [-0.15, -0.1) is 0 Å². The Morgan fingerprint density at radius 1 is 1.05 bits per heavy atom. The summed E-state index contributed by atoms with van der Waals surface area (Å²) in [5.74, 6) is 0.376. The van der Waals surface area contributed by atoms with Gasteiger partial charge in [0.2, 0.25) is 5.91 Å². The molecule has 0 radical (unpaired) electrons. The van der Waals surface area contributed by atoms with Gasteiger partial charge in [0.05, 0.1) is 0 Å². The van der Waals surface area contributed by atoms with Crippen LogP contribution < -0.4 is 4.74 Å². The number of carbonyl (C=O) groups excluding carboxylic acids is 3. The van der Waals surface area contributed by atoms with Crippen molar-refractivity contribution in [3.63, 3.8) is 0 Å². The topological polar surface area (TPSA) is 66.9 Å². The van der Waals surface area contributed by atoms with E-state index >= 15 is 0 Å². The van der Waals surface area contributed by atoms with E-state index in [0.717, 1.165) is 0 Å². The molecule has 1 aliphatic heterocycles. The Labute approximate surface area is 129 Å². The summed E-state index contributed by atoms with van der Waals surface area (Å²) >= 11 is 0. The first-order valence-corrected chi connectivity index (χ1v) is 7.24. The van der Waals surface area contributed by atoms with Gasteiger partial charge in [-0.2, -0.15) is 0 Å². The summed E-state index contributed by atoms with van der Waals surface area (Å²) in [6.07, 6.45) is 0. The SMILES string of the molecule is CC(=O)c1cccc(OCC(=O)N2CCN(C(C)=O)CC2)c1. The van der Waals surface area contributed by atoms with Crippen molar-refractivity contribution in [1.82, 2.24) is 9.80 Å². The second kappa shape index (κ2) is 7.06. The van der Waals surface area contributed by atoms with E-state index in [1.165, 1.54) is 13.8 Å². The first-order valence-electron chi connectivity index (χ1n) is 7.24. The second-order valence-electron chi connectivity index (χ2n) is 5.26. The summed E-state index contributed by atoms with van der Waals surface area (Å²) < 4.78 is 5.46. The minimum absolute atomic E-state index is 0.0318. The van der Waals surface area contributed by atoms with Crippen LogP contribution in [0.4, 0.5) is 0 Å². The fourth-order valence-corrected chi connectivity index (χ4v) is 2.31. The second-order valence-corrected chi connectivity index (χ2v) is 5.26. The number of hydrogen-bond acceptors (Lipinski definition) is 4. The number of carbonyl (C=O) groups is 3. The van der Waals surface area contributed by atoms with Crippen LogP contribution in [0.5, 0.6) is 5.75 Å². The molecule has 118 valence electrons. The van der Waals surface area contributed by atoms with E-state index in [4.69, 9.17) is 4.74 Å². The van der Waals surface area contributed by atoms with Crippen LogP contribution in [0.1, 0.15) is 24.2 Å². The number of piperazine rings is 1. The molecule has 0 bridgehead atoms. The van der Waals surface area contributed by atoms with Crippen LogP contribution in [0, 0.1) is 0 Å². The van der Waals surface area contributed by atoms with E-state index in [1.54, 1.807) is 34.1 Å². The lowest BCUT2D eigenvalue weighted by Gasteiger charge is -2.34. The summed E-state index contributed by atoms with van der Waals surface area (Å²) in [7, 11) is 0. The van der Waals surface area contributed by atoms with Gasteiger partial charge in [-0.1, -0.05) is 12.1 Å². The smallest absolute Gasteiger partial charge is 0.260 e. The molecule has 2 amide bonds. The summed E-state index contributed by atoms with van der Waals surface area (Å²) in [5.41, 5.74) is 0.556. The molecule has 6 nitrogen and oxygen atoms in total. The number of ketones is 1. The van der Waals surface area contributed by atoms with E-state index in [9.17, 15) is 14.4 Å². The Kier molecular flexibility index (Phi) is 5.14. The van der Waals surface area contributed by atoms with Crippen LogP contribution in [-0.4, -0.2) is 60.2 Å². The molecule has 0 aliphatic carbocycles.